The Kier molecular flexibility index (Phi) is 8.03. The summed E-state index contributed by atoms with van der Waals surface area (Å²) in [5, 5.41) is 3.55. The lowest BCUT2D eigenvalue weighted by Crippen LogP contribution is -2.69. The van der Waals surface area contributed by atoms with Crippen LogP contribution in [0.1, 0.15) is 33.2 Å². The Morgan fingerprint density at radius 1 is 0.972 bits per heavy atom. The zero-order valence-electron chi connectivity index (χ0n) is 19.6. The van der Waals surface area contributed by atoms with Crippen molar-refractivity contribution in [3.63, 3.8) is 0 Å². The Hall–Kier alpha value is -3.86. The summed E-state index contributed by atoms with van der Waals surface area (Å²) in [5.41, 5.74) is -3.02. The quantitative estimate of drug-likeness (QED) is 0.314. The first-order valence-electron chi connectivity index (χ1n) is 10.7. The summed E-state index contributed by atoms with van der Waals surface area (Å²) in [6.07, 6.45) is -5.37. The minimum Gasteiger partial charge on any atom is -0.466 e. The van der Waals surface area contributed by atoms with Gasteiger partial charge < -0.3 is 20.1 Å². The van der Waals surface area contributed by atoms with E-state index in [2.05, 4.69) is 10.1 Å². The predicted molar refractivity (Wildman–Crippen MR) is 129 cm³/mol. The molecule has 0 saturated carbocycles. The van der Waals surface area contributed by atoms with E-state index in [1.807, 2.05) is 0 Å². The van der Waals surface area contributed by atoms with E-state index < -0.39 is 29.7 Å². The normalized spacial score (nSPS) is 12.8. The molecule has 0 unspecified atom stereocenters. The summed E-state index contributed by atoms with van der Waals surface area (Å²) >= 11 is 0.816. The standard InChI is InChI=1S/C25H23F3N2O5S/c1-4-35-22(32)18-15(2)19(16-11-7-5-8-12-16)36-21(18)30-24(23(33)34-3,25(26,27)28)29-20(31)17-13-9-6-10-14-17/h5-14,30H,4H2,1-3H3,(H,29,31)/t24-/m0/s1. The molecular formula is C25H23F3N2O5S. The Morgan fingerprint density at radius 2 is 1.56 bits per heavy atom. The third-order valence-electron chi connectivity index (χ3n) is 5.22. The number of esters is 2. The van der Waals surface area contributed by atoms with Crippen molar-refractivity contribution in [2.75, 3.05) is 19.0 Å². The van der Waals surface area contributed by atoms with Crippen molar-refractivity contribution < 1.29 is 37.0 Å². The molecule has 11 heteroatoms. The molecule has 0 radical (unpaired) electrons. The van der Waals surface area contributed by atoms with Gasteiger partial charge in [-0.3, -0.25) is 4.79 Å². The molecule has 3 aromatic rings. The lowest BCUT2D eigenvalue weighted by atomic mass is 10.1. The SMILES string of the molecule is CCOC(=O)c1c(N[C@@](NC(=O)c2ccccc2)(C(=O)OC)C(F)(F)F)sc(-c2ccccc2)c1C. The van der Waals surface area contributed by atoms with Crippen LogP contribution in [0.3, 0.4) is 0 Å². The van der Waals surface area contributed by atoms with Gasteiger partial charge in [0, 0.05) is 10.4 Å². The number of carbonyl (C=O) groups is 3. The molecular weight excluding hydrogens is 497 g/mol. The van der Waals surface area contributed by atoms with Gasteiger partial charge in [-0.05, 0) is 37.1 Å². The van der Waals surface area contributed by atoms with E-state index in [-0.39, 0.29) is 22.7 Å². The number of benzene rings is 2. The molecule has 190 valence electrons. The molecule has 2 aromatic carbocycles. The van der Waals surface area contributed by atoms with E-state index in [0.29, 0.717) is 16.0 Å². The zero-order chi connectivity index (χ0) is 26.5. The lowest BCUT2D eigenvalue weighted by Gasteiger charge is -2.34. The Balaban J connectivity index is 2.20. The largest absolute Gasteiger partial charge is 0.466 e. The Bertz CT molecular complexity index is 1250. The highest BCUT2D eigenvalue weighted by Gasteiger charge is 2.64. The van der Waals surface area contributed by atoms with Gasteiger partial charge in [-0.2, -0.15) is 13.2 Å². The maximum atomic E-state index is 14.6. The first-order valence-corrected chi connectivity index (χ1v) is 11.5. The van der Waals surface area contributed by atoms with Crippen LogP contribution in [0.2, 0.25) is 0 Å². The first kappa shape index (κ1) is 26.7. The van der Waals surface area contributed by atoms with Crippen molar-refractivity contribution in [1.82, 2.24) is 5.32 Å². The topological polar surface area (TPSA) is 93.7 Å². The van der Waals surface area contributed by atoms with E-state index in [1.54, 1.807) is 55.6 Å². The van der Waals surface area contributed by atoms with Gasteiger partial charge >= 0.3 is 23.8 Å². The van der Waals surface area contributed by atoms with E-state index in [1.165, 1.54) is 24.3 Å². The van der Waals surface area contributed by atoms with Gasteiger partial charge in [-0.25, -0.2) is 9.59 Å². The van der Waals surface area contributed by atoms with Gasteiger partial charge in [-0.1, -0.05) is 48.5 Å². The number of anilines is 1. The number of amides is 1. The smallest absolute Gasteiger partial charge is 0.441 e. The summed E-state index contributed by atoms with van der Waals surface area (Å²) in [5.74, 6) is -3.88. The number of hydrogen-bond donors (Lipinski definition) is 2. The van der Waals surface area contributed by atoms with Crippen LogP contribution < -0.4 is 10.6 Å². The maximum Gasteiger partial charge on any atom is 0.441 e. The maximum absolute atomic E-state index is 14.6. The second kappa shape index (κ2) is 10.8. The van der Waals surface area contributed by atoms with Gasteiger partial charge in [0.1, 0.15) is 5.00 Å². The average molecular weight is 521 g/mol. The number of nitrogens with one attached hydrogen (secondary N) is 2. The van der Waals surface area contributed by atoms with Crippen LogP contribution in [0.15, 0.2) is 60.7 Å². The van der Waals surface area contributed by atoms with Crippen LogP contribution >= 0.6 is 11.3 Å². The average Bonchev–Trinajstić information content (AvgIpc) is 3.18. The van der Waals surface area contributed by atoms with Crippen molar-refractivity contribution in [1.29, 1.82) is 0 Å². The summed E-state index contributed by atoms with van der Waals surface area (Å²) in [6, 6.07) is 15.8. The van der Waals surface area contributed by atoms with Crippen LogP contribution in [0, 0.1) is 6.92 Å². The summed E-state index contributed by atoms with van der Waals surface area (Å²) in [4.78, 5) is 38.8. The molecule has 1 heterocycles. The molecule has 0 saturated heterocycles. The zero-order valence-corrected chi connectivity index (χ0v) is 20.4. The van der Waals surface area contributed by atoms with E-state index >= 15 is 0 Å². The van der Waals surface area contributed by atoms with Crippen molar-refractivity contribution in [3.8, 4) is 10.4 Å². The van der Waals surface area contributed by atoms with Crippen LogP contribution in [-0.2, 0) is 14.3 Å². The van der Waals surface area contributed by atoms with Gasteiger partial charge in [-0.15, -0.1) is 11.3 Å². The molecule has 1 aromatic heterocycles. The van der Waals surface area contributed by atoms with Crippen molar-refractivity contribution >= 4 is 34.2 Å². The number of hydrogen-bond acceptors (Lipinski definition) is 7. The fourth-order valence-corrected chi connectivity index (χ4v) is 4.72. The van der Waals surface area contributed by atoms with Crippen LogP contribution in [0.5, 0.6) is 0 Å². The molecule has 0 aliphatic carbocycles. The van der Waals surface area contributed by atoms with Crippen molar-refractivity contribution in [3.05, 3.63) is 77.4 Å². The van der Waals surface area contributed by atoms with E-state index in [4.69, 9.17) is 4.74 Å². The molecule has 0 spiro atoms. The van der Waals surface area contributed by atoms with Crippen LogP contribution in [0.25, 0.3) is 10.4 Å². The third-order valence-corrected chi connectivity index (χ3v) is 6.47. The number of carbonyl (C=O) groups excluding carboxylic acids is 3. The molecule has 0 bridgehead atoms. The van der Waals surface area contributed by atoms with E-state index in [9.17, 15) is 27.6 Å². The first-order chi connectivity index (χ1) is 17.1. The number of thiophene rings is 1. The van der Waals surface area contributed by atoms with Gasteiger partial charge in [0.25, 0.3) is 5.91 Å². The molecule has 0 aliphatic heterocycles. The summed E-state index contributed by atoms with van der Waals surface area (Å²) in [7, 11) is 0.764. The molecule has 1 atom stereocenters. The molecule has 7 nitrogen and oxygen atoms in total. The number of halogens is 3. The lowest BCUT2D eigenvalue weighted by molar-refractivity contribution is -0.203. The highest BCUT2D eigenvalue weighted by molar-refractivity contribution is 7.20. The van der Waals surface area contributed by atoms with E-state index in [0.717, 1.165) is 18.4 Å². The predicted octanol–water partition coefficient (Wildman–Crippen LogP) is 5.17. The molecule has 0 aliphatic rings. The highest BCUT2D eigenvalue weighted by Crippen LogP contribution is 2.43. The Morgan fingerprint density at radius 3 is 2.08 bits per heavy atom. The van der Waals surface area contributed by atoms with Gasteiger partial charge in [0.05, 0.1) is 19.3 Å². The highest BCUT2D eigenvalue weighted by atomic mass is 32.1. The van der Waals surface area contributed by atoms with Crippen LogP contribution in [0.4, 0.5) is 18.2 Å². The summed E-state index contributed by atoms with van der Waals surface area (Å²) in [6.45, 7) is 3.09. The molecule has 2 N–H and O–H groups in total. The number of methoxy groups -OCH3 is 1. The van der Waals surface area contributed by atoms with Crippen molar-refractivity contribution in [2.45, 2.75) is 25.7 Å². The number of ether oxygens (including phenoxy) is 2. The van der Waals surface area contributed by atoms with Gasteiger partial charge in [0.2, 0.25) is 0 Å². The second-order valence-electron chi connectivity index (χ2n) is 7.53. The minimum atomic E-state index is -5.37. The monoisotopic (exact) mass is 520 g/mol. The minimum absolute atomic E-state index is 0.0274. The molecule has 0 fully saturated rings. The molecule has 1 amide bonds. The van der Waals surface area contributed by atoms with Gasteiger partial charge in [0.15, 0.2) is 0 Å². The number of rotatable bonds is 8. The second-order valence-corrected chi connectivity index (χ2v) is 8.55. The Labute approximate surface area is 209 Å². The molecule has 36 heavy (non-hydrogen) atoms. The van der Waals surface area contributed by atoms with Crippen molar-refractivity contribution in [2.24, 2.45) is 0 Å². The number of alkyl halides is 3. The van der Waals surface area contributed by atoms with Crippen LogP contribution in [-0.4, -0.2) is 43.4 Å². The summed E-state index contributed by atoms with van der Waals surface area (Å²) < 4.78 is 53.3. The molecule has 3 rings (SSSR count). The fourth-order valence-electron chi connectivity index (χ4n) is 3.46. The fraction of sp³-hybridized carbons (Fsp3) is 0.240. The third kappa shape index (κ3) is 5.20.